The predicted molar refractivity (Wildman–Crippen MR) is 150 cm³/mol. The minimum Gasteiger partial charge on any atom is -0.479 e. The average molecular weight is 540 g/mol. The van der Waals surface area contributed by atoms with Crippen LogP contribution in [0.3, 0.4) is 0 Å². The van der Waals surface area contributed by atoms with Crippen molar-refractivity contribution in [3.63, 3.8) is 0 Å². The Bertz CT molecular complexity index is 1240. The topological polar surface area (TPSA) is 102 Å². The summed E-state index contributed by atoms with van der Waals surface area (Å²) in [5.74, 6) is 1.36. The Hall–Kier alpha value is -3.57. The Morgan fingerprint density at radius 2 is 1.71 bits per heavy atom. The molecule has 1 aromatic carbocycles. The van der Waals surface area contributed by atoms with E-state index in [1.165, 1.54) is 19.4 Å². The molecule has 10 nitrogen and oxygen atoms in total. The SMILES string of the molecule is COc1nc(N2CCC(N(C)C)CC2)nc(OC)c1NC(=O)c1ccc(Oc2cccc([Si](C)(C)C)c2)o1. The highest BCUT2D eigenvalue weighted by Gasteiger charge is 2.26. The third-order valence-electron chi connectivity index (χ3n) is 6.66. The smallest absolute Gasteiger partial charge is 0.291 e. The lowest BCUT2D eigenvalue weighted by molar-refractivity contribution is 0.0990. The summed E-state index contributed by atoms with van der Waals surface area (Å²) in [6, 6.07) is 11.7. The van der Waals surface area contributed by atoms with Crippen LogP contribution in [0.2, 0.25) is 19.6 Å². The first-order valence-corrected chi connectivity index (χ1v) is 16.2. The Labute approximate surface area is 224 Å². The zero-order valence-electron chi connectivity index (χ0n) is 23.2. The summed E-state index contributed by atoms with van der Waals surface area (Å²) in [5, 5.41) is 4.04. The van der Waals surface area contributed by atoms with Gasteiger partial charge in [0.15, 0.2) is 11.4 Å². The number of methoxy groups -OCH3 is 2. The van der Waals surface area contributed by atoms with Gasteiger partial charge in [0.05, 0.1) is 22.3 Å². The maximum Gasteiger partial charge on any atom is 0.291 e. The summed E-state index contributed by atoms with van der Waals surface area (Å²) in [4.78, 5) is 26.5. The lowest BCUT2D eigenvalue weighted by Gasteiger charge is -2.35. The van der Waals surface area contributed by atoms with Gasteiger partial charge in [-0.25, -0.2) is 0 Å². The molecule has 0 saturated carbocycles. The molecule has 0 aliphatic carbocycles. The first-order chi connectivity index (χ1) is 18.1. The Balaban J connectivity index is 1.49. The van der Waals surface area contributed by atoms with Crippen LogP contribution in [0.1, 0.15) is 23.4 Å². The lowest BCUT2D eigenvalue weighted by atomic mass is 10.0. The van der Waals surface area contributed by atoms with Crippen molar-refractivity contribution in [1.82, 2.24) is 14.9 Å². The first-order valence-electron chi connectivity index (χ1n) is 12.7. The fourth-order valence-electron chi connectivity index (χ4n) is 4.35. The van der Waals surface area contributed by atoms with E-state index in [0.29, 0.717) is 17.7 Å². The van der Waals surface area contributed by atoms with Gasteiger partial charge >= 0.3 is 0 Å². The quantitative estimate of drug-likeness (QED) is 0.401. The second kappa shape index (κ2) is 11.4. The Kier molecular flexibility index (Phi) is 8.27. The molecule has 3 heterocycles. The molecule has 1 amide bonds. The number of carbonyl (C=O) groups is 1. The Morgan fingerprint density at radius 1 is 1.05 bits per heavy atom. The molecule has 1 aliphatic heterocycles. The van der Waals surface area contributed by atoms with Crippen molar-refractivity contribution in [2.24, 2.45) is 0 Å². The summed E-state index contributed by atoms with van der Waals surface area (Å²) in [5.41, 5.74) is 0.230. The number of piperidine rings is 1. The van der Waals surface area contributed by atoms with E-state index in [-0.39, 0.29) is 29.2 Å². The number of hydrogen-bond acceptors (Lipinski definition) is 9. The van der Waals surface area contributed by atoms with Crippen LogP contribution in [0.15, 0.2) is 40.8 Å². The number of ether oxygens (including phenoxy) is 3. The molecule has 2 aromatic heterocycles. The van der Waals surface area contributed by atoms with Crippen LogP contribution in [0.5, 0.6) is 23.5 Å². The summed E-state index contributed by atoms with van der Waals surface area (Å²) >= 11 is 0. The van der Waals surface area contributed by atoms with Crippen molar-refractivity contribution >= 4 is 30.8 Å². The molecule has 204 valence electrons. The lowest BCUT2D eigenvalue weighted by Crippen LogP contribution is -2.42. The van der Waals surface area contributed by atoms with E-state index in [1.54, 1.807) is 12.1 Å². The minimum atomic E-state index is -1.49. The van der Waals surface area contributed by atoms with E-state index in [0.717, 1.165) is 25.9 Å². The number of carbonyl (C=O) groups excluding carboxylic acids is 1. The molecule has 0 spiro atoms. The van der Waals surface area contributed by atoms with Crippen LogP contribution in [0.25, 0.3) is 0 Å². The number of aromatic nitrogens is 2. The summed E-state index contributed by atoms with van der Waals surface area (Å²) in [6.07, 6.45) is 2.01. The van der Waals surface area contributed by atoms with Crippen LogP contribution in [0, 0.1) is 0 Å². The van der Waals surface area contributed by atoms with Gasteiger partial charge in [-0.2, -0.15) is 9.97 Å². The van der Waals surface area contributed by atoms with E-state index in [2.05, 4.69) is 64.9 Å². The minimum absolute atomic E-state index is 0.0697. The number of hydrogen-bond donors (Lipinski definition) is 1. The molecule has 11 heteroatoms. The molecule has 1 saturated heterocycles. The largest absolute Gasteiger partial charge is 0.479 e. The van der Waals surface area contributed by atoms with E-state index in [9.17, 15) is 4.79 Å². The van der Waals surface area contributed by atoms with Crippen LogP contribution in [-0.2, 0) is 0 Å². The summed E-state index contributed by atoms with van der Waals surface area (Å²) in [6.45, 7) is 8.45. The van der Waals surface area contributed by atoms with Crippen molar-refractivity contribution < 1.29 is 23.4 Å². The summed E-state index contributed by atoms with van der Waals surface area (Å²) in [7, 11) is 5.69. The van der Waals surface area contributed by atoms with Gasteiger partial charge in [-0.15, -0.1) is 0 Å². The van der Waals surface area contributed by atoms with E-state index >= 15 is 0 Å². The highest BCUT2D eigenvalue weighted by Crippen LogP contribution is 2.35. The molecule has 0 unspecified atom stereocenters. The van der Waals surface area contributed by atoms with Crippen LogP contribution in [-0.4, -0.2) is 76.3 Å². The molecule has 4 rings (SSSR count). The number of rotatable bonds is 9. The molecule has 0 atom stereocenters. The molecular weight excluding hydrogens is 502 g/mol. The maximum atomic E-state index is 13.1. The maximum absolute atomic E-state index is 13.1. The van der Waals surface area contributed by atoms with Gasteiger partial charge < -0.3 is 33.7 Å². The predicted octanol–water partition coefficient (Wildman–Crippen LogP) is 4.21. The molecule has 0 bridgehead atoms. The van der Waals surface area contributed by atoms with Crippen molar-refractivity contribution in [2.75, 3.05) is 51.6 Å². The average Bonchev–Trinajstić information content (AvgIpc) is 3.37. The van der Waals surface area contributed by atoms with Gasteiger partial charge in [0.25, 0.3) is 11.9 Å². The second-order valence-corrected chi connectivity index (χ2v) is 15.6. The molecule has 1 fully saturated rings. The number of furan rings is 1. The molecule has 0 radical (unpaired) electrons. The van der Waals surface area contributed by atoms with Crippen LogP contribution < -0.4 is 29.6 Å². The third kappa shape index (κ3) is 6.28. The molecular formula is C27H37N5O5Si. The standard InChI is InChI=1S/C27H37N5O5Si/c1-31(2)18-13-15-32(16-14-18)27-29-25(34-3)23(26(30-27)35-4)28-24(33)21-11-12-22(37-21)36-19-9-8-10-20(17-19)38(5,6)7/h8-12,17-18H,13-16H2,1-7H3,(H,28,33). The van der Waals surface area contributed by atoms with E-state index < -0.39 is 14.0 Å². The van der Waals surface area contributed by atoms with E-state index in [4.69, 9.17) is 18.6 Å². The molecule has 1 aliphatic rings. The zero-order valence-corrected chi connectivity index (χ0v) is 24.2. The van der Waals surface area contributed by atoms with Gasteiger partial charge in [0.1, 0.15) is 5.75 Å². The van der Waals surface area contributed by atoms with Crippen LogP contribution in [0.4, 0.5) is 11.6 Å². The molecule has 3 aromatic rings. The van der Waals surface area contributed by atoms with Crippen molar-refractivity contribution in [1.29, 1.82) is 0 Å². The fraction of sp³-hybridized carbons (Fsp3) is 0.444. The monoisotopic (exact) mass is 539 g/mol. The van der Waals surface area contributed by atoms with Gasteiger partial charge in [-0.3, -0.25) is 4.79 Å². The highest BCUT2D eigenvalue weighted by atomic mass is 28.3. The van der Waals surface area contributed by atoms with Gasteiger partial charge in [0.2, 0.25) is 17.7 Å². The van der Waals surface area contributed by atoms with Crippen LogP contribution >= 0.6 is 0 Å². The van der Waals surface area contributed by atoms with Crippen molar-refractivity contribution in [2.45, 2.75) is 38.5 Å². The van der Waals surface area contributed by atoms with Crippen molar-refractivity contribution in [3.8, 4) is 23.5 Å². The number of benzene rings is 1. The fourth-order valence-corrected chi connectivity index (χ4v) is 5.52. The zero-order chi connectivity index (χ0) is 27.4. The molecule has 38 heavy (non-hydrogen) atoms. The molecule has 1 N–H and O–H groups in total. The van der Waals surface area contributed by atoms with Gasteiger partial charge in [0, 0.05) is 25.2 Å². The number of anilines is 2. The number of nitrogens with zero attached hydrogens (tertiary/aromatic N) is 4. The number of amides is 1. The second-order valence-electron chi connectivity index (χ2n) is 10.6. The summed E-state index contributed by atoms with van der Waals surface area (Å²) < 4.78 is 22.6. The number of nitrogens with one attached hydrogen (secondary N) is 1. The van der Waals surface area contributed by atoms with Gasteiger partial charge in [-0.1, -0.05) is 37.0 Å². The highest BCUT2D eigenvalue weighted by molar-refractivity contribution is 6.88. The third-order valence-corrected chi connectivity index (χ3v) is 8.70. The first kappa shape index (κ1) is 27.5. The normalized spacial score (nSPS) is 14.5. The van der Waals surface area contributed by atoms with E-state index in [1.807, 2.05) is 18.2 Å². The van der Waals surface area contributed by atoms with Gasteiger partial charge in [-0.05, 0) is 45.1 Å². The Morgan fingerprint density at radius 3 is 2.29 bits per heavy atom. The van der Waals surface area contributed by atoms with Crippen molar-refractivity contribution in [3.05, 3.63) is 42.2 Å².